The minimum Gasteiger partial charge on any atom is -0.390 e. The summed E-state index contributed by atoms with van der Waals surface area (Å²) in [5, 5.41) is 9.90. The molecule has 1 aromatic heterocycles. The molecule has 2 rings (SSSR count). The molecular weight excluding hydrogens is 280 g/mol. The van der Waals surface area contributed by atoms with Gasteiger partial charge in [0.25, 0.3) is 0 Å². The largest absolute Gasteiger partial charge is 0.390 e. The van der Waals surface area contributed by atoms with E-state index in [-0.39, 0.29) is 0 Å². The van der Waals surface area contributed by atoms with Crippen molar-refractivity contribution in [2.24, 2.45) is 0 Å². The van der Waals surface area contributed by atoms with E-state index in [4.69, 9.17) is 0 Å². The molecule has 0 aliphatic carbocycles. The van der Waals surface area contributed by atoms with Gasteiger partial charge in [0.05, 0.1) is 11.3 Å². The van der Waals surface area contributed by atoms with Crippen molar-refractivity contribution in [2.45, 2.75) is 38.8 Å². The molecule has 0 atom stereocenters. The van der Waals surface area contributed by atoms with Crippen molar-refractivity contribution < 1.29 is 5.11 Å². The Balaban J connectivity index is 1.98. The topological polar surface area (TPSA) is 36.4 Å². The lowest BCUT2D eigenvalue weighted by atomic mass is 9.94. The zero-order valence-electron chi connectivity index (χ0n) is 10.4. The SMILES string of the molecule is Cc1cc(Br)cnc1CN1CCC(C)(O)CC1. The molecule has 94 valence electrons. The van der Waals surface area contributed by atoms with Crippen LogP contribution in [0, 0.1) is 6.92 Å². The second kappa shape index (κ2) is 5.04. The first-order valence-electron chi connectivity index (χ1n) is 6.02. The van der Waals surface area contributed by atoms with Gasteiger partial charge in [-0.25, -0.2) is 0 Å². The molecular formula is C13H19BrN2O. The van der Waals surface area contributed by atoms with E-state index in [1.54, 1.807) is 0 Å². The number of halogens is 1. The molecule has 3 nitrogen and oxygen atoms in total. The fourth-order valence-corrected chi connectivity index (χ4v) is 2.58. The van der Waals surface area contributed by atoms with Crippen LogP contribution in [0.1, 0.15) is 31.0 Å². The number of aromatic nitrogens is 1. The van der Waals surface area contributed by atoms with E-state index in [1.165, 1.54) is 5.56 Å². The van der Waals surface area contributed by atoms with Crippen LogP contribution < -0.4 is 0 Å². The van der Waals surface area contributed by atoms with E-state index in [2.05, 4.69) is 38.8 Å². The maximum Gasteiger partial charge on any atom is 0.0644 e. The fourth-order valence-electron chi connectivity index (χ4n) is 2.14. The van der Waals surface area contributed by atoms with Crippen molar-refractivity contribution in [3.05, 3.63) is 28.0 Å². The number of hydrogen-bond acceptors (Lipinski definition) is 3. The Labute approximate surface area is 111 Å². The number of aliphatic hydroxyl groups is 1. The maximum atomic E-state index is 9.90. The van der Waals surface area contributed by atoms with Gasteiger partial charge in [-0.15, -0.1) is 0 Å². The molecule has 0 radical (unpaired) electrons. The predicted octanol–water partition coefficient (Wildman–Crippen LogP) is 2.50. The van der Waals surface area contributed by atoms with Crippen molar-refractivity contribution >= 4 is 15.9 Å². The number of rotatable bonds is 2. The van der Waals surface area contributed by atoms with Crippen LogP contribution in [0.15, 0.2) is 16.7 Å². The molecule has 0 unspecified atom stereocenters. The van der Waals surface area contributed by atoms with Gasteiger partial charge in [-0.05, 0) is 54.2 Å². The summed E-state index contributed by atoms with van der Waals surface area (Å²) >= 11 is 3.43. The van der Waals surface area contributed by atoms with E-state index in [1.807, 2.05) is 13.1 Å². The van der Waals surface area contributed by atoms with E-state index in [0.29, 0.717) is 0 Å². The second-order valence-corrected chi connectivity index (χ2v) is 6.11. The van der Waals surface area contributed by atoms with Crippen LogP contribution in [-0.2, 0) is 6.54 Å². The standard InChI is InChI=1S/C13H19BrN2O/c1-10-7-11(14)8-15-12(10)9-16-5-3-13(2,17)4-6-16/h7-8,17H,3-6,9H2,1-2H3. The van der Waals surface area contributed by atoms with Crippen LogP contribution in [0.4, 0.5) is 0 Å². The molecule has 0 aromatic carbocycles. The van der Waals surface area contributed by atoms with E-state index < -0.39 is 5.60 Å². The highest BCUT2D eigenvalue weighted by atomic mass is 79.9. The minimum atomic E-state index is -0.474. The maximum absolute atomic E-state index is 9.90. The van der Waals surface area contributed by atoms with Crippen LogP contribution in [0.25, 0.3) is 0 Å². The molecule has 17 heavy (non-hydrogen) atoms. The number of piperidine rings is 1. The molecule has 1 aromatic rings. The lowest BCUT2D eigenvalue weighted by Gasteiger charge is -2.35. The smallest absolute Gasteiger partial charge is 0.0644 e. The van der Waals surface area contributed by atoms with Crippen molar-refractivity contribution in [1.29, 1.82) is 0 Å². The Kier molecular flexibility index (Phi) is 3.85. The monoisotopic (exact) mass is 298 g/mol. The third-order valence-corrected chi connectivity index (χ3v) is 3.89. The Hall–Kier alpha value is -0.450. The van der Waals surface area contributed by atoms with Crippen LogP contribution in [0.5, 0.6) is 0 Å². The first-order chi connectivity index (χ1) is 7.96. The highest BCUT2D eigenvalue weighted by Crippen LogP contribution is 2.23. The number of hydrogen-bond donors (Lipinski definition) is 1. The van der Waals surface area contributed by atoms with Gasteiger partial charge < -0.3 is 5.11 Å². The molecule has 4 heteroatoms. The third-order valence-electron chi connectivity index (χ3n) is 3.46. The fraction of sp³-hybridized carbons (Fsp3) is 0.615. The molecule has 2 heterocycles. The predicted molar refractivity (Wildman–Crippen MR) is 71.8 cm³/mol. The number of pyridine rings is 1. The minimum absolute atomic E-state index is 0.474. The van der Waals surface area contributed by atoms with Crippen molar-refractivity contribution in [1.82, 2.24) is 9.88 Å². The van der Waals surface area contributed by atoms with Crippen LogP contribution >= 0.6 is 15.9 Å². The molecule has 1 aliphatic rings. The summed E-state index contributed by atoms with van der Waals surface area (Å²) in [6.07, 6.45) is 3.55. The van der Waals surface area contributed by atoms with Gasteiger partial charge in [0, 0.05) is 30.3 Å². The molecule has 0 spiro atoms. The molecule has 1 fully saturated rings. The molecule has 0 saturated carbocycles. The summed E-state index contributed by atoms with van der Waals surface area (Å²) in [6, 6.07) is 2.10. The van der Waals surface area contributed by atoms with Gasteiger partial charge in [0.2, 0.25) is 0 Å². The van der Waals surface area contributed by atoms with Crippen molar-refractivity contribution in [3.8, 4) is 0 Å². The second-order valence-electron chi connectivity index (χ2n) is 5.19. The van der Waals surface area contributed by atoms with Gasteiger partial charge in [0.1, 0.15) is 0 Å². The Bertz CT molecular complexity index is 396. The quantitative estimate of drug-likeness (QED) is 0.911. The first-order valence-corrected chi connectivity index (χ1v) is 6.81. The molecule has 1 saturated heterocycles. The summed E-state index contributed by atoms with van der Waals surface area (Å²) in [5.74, 6) is 0. The van der Waals surface area contributed by atoms with Crippen LogP contribution in [0.2, 0.25) is 0 Å². The van der Waals surface area contributed by atoms with Gasteiger partial charge in [0.15, 0.2) is 0 Å². The molecule has 0 amide bonds. The Morgan fingerprint density at radius 1 is 1.47 bits per heavy atom. The summed E-state index contributed by atoms with van der Waals surface area (Å²) in [5.41, 5.74) is 1.88. The van der Waals surface area contributed by atoms with Crippen molar-refractivity contribution in [3.63, 3.8) is 0 Å². The van der Waals surface area contributed by atoms with Crippen LogP contribution in [0.3, 0.4) is 0 Å². The molecule has 0 bridgehead atoms. The summed E-state index contributed by atoms with van der Waals surface area (Å²) in [7, 11) is 0. The summed E-state index contributed by atoms with van der Waals surface area (Å²) < 4.78 is 1.03. The Morgan fingerprint density at radius 2 is 2.12 bits per heavy atom. The average Bonchev–Trinajstić information content (AvgIpc) is 2.25. The number of likely N-dealkylation sites (tertiary alicyclic amines) is 1. The van der Waals surface area contributed by atoms with Crippen molar-refractivity contribution in [2.75, 3.05) is 13.1 Å². The zero-order valence-corrected chi connectivity index (χ0v) is 12.0. The zero-order chi connectivity index (χ0) is 12.5. The Morgan fingerprint density at radius 3 is 2.71 bits per heavy atom. The first kappa shape index (κ1) is 13.0. The van der Waals surface area contributed by atoms with Gasteiger partial charge in [-0.1, -0.05) is 0 Å². The van der Waals surface area contributed by atoms with Crippen LogP contribution in [-0.4, -0.2) is 33.7 Å². The van der Waals surface area contributed by atoms with Gasteiger partial charge >= 0.3 is 0 Å². The summed E-state index contributed by atoms with van der Waals surface area (Å²) in [4.78, 5) is 6.82. The lowest BCUT2D eigenvalue weighted by Crippen LogP contribution is -2.42. The number of aryl methyl sites for hydroxylation is 1. The average molecular weight is 299 g/mol. The van der Waals surface area contributed by atoms with Gasteiger partial charge in [-0.2, -0.15) is 0 Å². The highest BCUT2D eigenvalue weighted by Gasteiger charge is 2.27. The van der Waals surface area contributed by atoms with E-state index >= 15 is 0 Å². The molecule has 1 aliphatic heterocycles. The molecule has 1 N–H and O–H groups in total. The number of nitrogens with zero attached hydrogens (tertiary/aromatic N) is 2. The highest BCUT2D eigenvalue weighted by molar-refractivity contribution is 9.10. The lowest BCUT2D eigenvalue weighted by molar-refractivity contribution is -0.00761. The summed E-state index contributed by atoms with van der Waals surface area (Å²) in [6.45, 7) is 6.80. The van der Waals surface area contributed by atoms with E-state index in [9.17, 15) is 5.11 Å². The van der Waals surface area contributed by atoms with E-state index in [0.717, 1.165) is 42.6 Å². The van der Waals surface area contributed by atoms with Gasteiger partial charge in [-0.3, -0.25) is 9.88 Å². The normalized spacial score (nSPS) is 20.5. The third kappa shape index (κ3) is 3.50.